The number of hydrogen-bond acceptors (Lipinski definition) is 5. The van der Waals surface area contributed by atoms with Gasteiger partial charge in [0.25, 0.3) is 5.91 Å². The van der Waals surface area contributed by atoms with Crippen molar-refractivity contribution in [3.63, 3.8) is 0 Å². The fourth-order valence-corrected chi connectivity index (χ4v) is 2.96. The van der Waals surface area contributed by atoms with Crippen LogP contribution in [0.15, 0.2) is 18.2 Å². The number of nitrogens with one attached hydrogen (secondary N) is 1. The van der Waals surface area contributed by atoms with E-state index in [0.29, 0.717) is 48.8 Å². The van der Waals surface area contributed by atoms with Crippen LogP contribution in [0.5, 0.6) is 5.75 Å². The van der Waals surface area contributed by atoms with Crippen LogP contribution in [0, 0.1) is 0 Å². The van der Waals surface area contributed by atoms with E-state index in [9.17, 15) is 9.59 Å². The number of rotatable bonds is 7. The van der Waals surface area contributed by atoms with Crippen LogP contribution < -0.4 is 10.1 Å². The highest BCUT2D eigenvalue weighted by molar-refractivity contribution is 6.32. The molecule has 1 aliphatic heterocycles. The lowest BCUT2D eigenvalue weighted by molar-refractivity contribution is -0.135. The maximum atomic E-state index is 12.1. The average molecular weight is 384 g/mol. The number of aliphatic hydroxyl groups is 1. The van der Waals surface area contributed by atoms with Crippen LogP contribution in [0.25, 0.3) is 0 Å². The molecule has 1 aromatic carbocycles. The Labute approximate surface area is 158 Å². The summed E-state index contributed by atoms with van der Waals surface area (Å²) in [5.74, 6) is 0.102. The molecule has 0 bridgehead atoms. The summed E-state index contributed by atoms with van der Waals surface area (Å²) in [6.45, 7) is 1.96. The van der Waals surface area contributed by atoms with Gasteiger partial charge in [0.15, 0.2) is 0 Å². The predicted octanol–water partition coefficient (Wildman–Crippen LogP) is 0.994. The summed E-state index contributed by atoms with van der Waals surface area (Å²) in [5.41, 5.74) is 0.490. The molecule has 8 heteroatoms. The molecule has 1 saturated heterocycles. The molecule has 1 aromatic rings. The van der Waals surface area contributed by atoms with Crippen LogP contribution in [-0.2, 0) is 4.79 Å². The van der Waals surface area contributed by atoms with Gasteiger partial charge in [0.1, 0.15) is 18.5 Å². The van der Waals surface area contributed by atoms with Gasteiger partial charge in [-0.05, 0) is 32.3 Å². The number of ether oxygens (including phenoxy) is 1. The maximum Gasteiger partial charge on any atom is 0.251 e. The molecule has 2 rings (SSSR count). The predicted molar refractivity (Wildman–Crippen MR) is 99.7 cm³/mol. The van der Waals surface area contributed by atoms with Crippen molar-refractivity contribution < 1.29 is 19.4 Å². The maximum absolute atomic E-state index is 12.1. The summed E-state index contributed by atoms with van der Waals surface area (Å²) in [6.07, 6.45) is 1.30. The van der Waals surface area contributed by atoms with E-state index in [-0.39, 0.29) is 17.9 Å². The highest BCUT2D eigenvalue weighted by Gasteiger charge is 2.24. The van der Waals surface area contributed by atoms with Crippen molar-refractivity contribution in [2.45, 2.75) is 18.9 Å². The van der Waals surface area contributed by atoms with Crippen LogP contribution in [0.2, 0.25) is 5.02 Å². The van der Waals surface area contributed by atoms with Crippen LogP contribution in [0.4, 0.5) is 0 Å². The molecule has 0 aliphatic carbocycles. The Bertz CT molecular complexity index is 631. The number of amides is 2. The molecule has 0 radical (unpaired) electrons. The van der Waals surface area contributed by atoms with E-state index < -0.39 is 6.61 Å². The smallest absolute Gasteiger partial charge is 0.251 e. The van der Waals surface area contributed by atoms with E-state index in [0.717, 1.165) is 6.54 Å². The quantitative estimate of drug-likeness (QED) is 0.734. The van der Waals surface area contributed by atoms with Crippen molar-refractivity contribution >= 4 is 23.4 Å². The van der Waals surface area contributed by atoms with E-state index in [1.165, 1.54) is 0 Å². The number of hydrogen-bond donors (Lipinski definition) is 2. The molecule has 0 aromatic heterocycles. The van der Waals surface area contributed by atoms with Gasteiger partial charge in [-0.15, -0.1) is 0 Å². The second kappa shape index (κ2) is 9.75. The topological polar surface area (TPSA) is 82.1 Å². The van der Waals surface area contributed by atoms with Crippen LogP contribution >= 0.6 is 11.6 Å². The van der Waals surface area contributed by atoms with E-state index in [4.69, 9.17) is 21.4 Å². The molecule has 1 aliphatic rings. The molecule has 2 N–H and O–H groups in total. The number of likely N-dealkylation sites (tertiary alicyclic amines) is 1. The Morgan fingerprint density at radius 1 is 1.35 bits per heavy atom. The molecular formula is C18H26ClN3O4. The molecule has 0 spiro atoms. The van der Waals surface area contributed by atoms with Gasteiger partial charge in [-0.3, -0.25) is 9.59 Å². The third kappa shape index (κ3) is 5.86. The zero-order valence-electron chi connectivity index (χ0n) is 15.2. The normalized spacial score (nSPS) is 15.2. The van der Waals surface area contributed by atoms with Crippen molar-refractivity contribution in [2.75, 3.05) is 46.9 Å². The fraction of sp³-hybridized carbons (Fsp3) is 0.556. The minimum absolute atomic E-state index is 0.0463. The van der Waals surface area contributed by atoms with Crippen molar-refractivity contribution in [3.05, 3.63) is 28.8 Å². The fourth-order valence-electron chi connectivity index (χ4n) is 2.74. The van der Waals surface area contributed by atoms with E-state index >= 15 is 0 Å². The summed E-state index contributed by atoms with van der Waals surface area (Å²) in [6, 6.07) is 5.00. The Kier molecular flexibility index (Phi) is 7.68. The zero-order chi connectivity index (χ0) is 19.1. The van der Waals surface area contributed by atoms with Crippen molar-refractivity contribution in [2.24, 2.45) is 0 Å². The Hall–Kier alpha value is -1.83. The van der Waals surface area contributed by atoms with E-state index in [1.807, 2.05) is 19.0 Å². The van der Waals surface area contributed by atoms with Crippen LogP contribution in [-0.4, -0.2) is 79.7 Å². The Morgan fingerprint density at radius 2 is 2.04 bits per heavy atom. The molecule has 1 heterocycles. The number of carbonyl (C=O) groups excluding carboxylic acids is 2. The molecule has 0 saturated carbocycles. The van der Waals surface area contributed by atoms with E-state index in [2.05, 4.69) is 5.32 Å². The van der Waals surface area contributed by atoms with Crippen LogP contribution in [0.1, 0.15) is 23.2 Å². The van der Waals surface area contributed by atoms with E-state index in [1.54, 1.807) is 23.1 Å². The highest BCUT2D eigenvalue weighted by atomic mass is 35.5. The largest absolute Gasteiger partial charge is 0.489 e. The second-order valence-electron chi connectivity index (χ2n) is 6.56. The summed E-state index contributed by atoms with van der Waals surface area (Å²) in [4.78, 5) is 27.2. The number of piperidine rings is 1. The Morgan fingerprint density at radius 3 is 2.62 bits per heavy atom. The third-order valence-corrected chi connectivity index (χ3v) is 4.56. The first-order valence-electron chi connectivity index (χ1n) is 8.68. The van der Waals surface area contributed by atoms with Crippen molar-refractivity contribution in [1.82, 2.24) is 15.1 Å². The van der Waals surface area contributed by atoms with Crippen molar-refractivity contribution in [3.8, 4) is 5.75 Å². The monoisotopic (exact) mass is 383 g/mol. The van der Waals surface area contributed by atoms with Gasteiger partial charge in [0.05, 0.1) is 5.02 Å². The molecular weight excluding hydrogens is 358 g/mol. The number of aliphatic hydroxyl groups excluding tert-OH is 1. The zero-order valence-corrected chi connectivity index (χ0v) is 16.0. The molecule has 0 unspecified atom stereocenters. The number of carbonyl (C=O) groups is 2. The van der Waals surface area contributed by atoms with Crippen LogP contribution in [0.3, 0.4) is 0 Å². The van der Waals surface area contributed by atoms with Gasteiger partial charge in [0.2, 0.25) is 5.91 Å². The molecule has 0 atom stereocenters. The highest BCUT2D eigenvalue weighted by Crippen LogP contribution is 2.28. The SMILES string of the molecule is CN(C)CCNC(=O)c1ccc(OC2CCN(C(=O)CO)CC2)c(Cl)c1. The minimum Gasteiger partial charge on any atom is -0.489 e. The van der Waals surface area contributed by atoms with Gasteiger partial charge in [-0.2, -0.15) is 0 Å². The molecule has 7 nitrogen and oxygen atoms in total. The standard InChI is InChI=1S/C18H26ClN3O4/c1-21(2)10-7-20-18(25)13-3-4-16(15(19)11-13)26-14-5-8-22(9-6-14)17(24)12-23/h3-4,11,14,23H,5-10,12H2,1-2H3,(H,20,25). The third-order valence-electron chi connectivity index (χ3n) is 4.26. The minimum atomic E-state index is -0.463. The number of nitrogens with zero attached hydrogens (tertiary/aromatic N) is 2. The second-order valence-corrected chi connectivity index (χ2v) is 6.97. The number of benzene rings is 1. The summed E-state index contributed by atoms with van der Waals surface area (Å²) in [5, 5.41) is 12.1. The lowest BCUT2D eigenvalue weighted by Gasteiger charge is -2.32. The lowest BCUT2D eigenvalue weighted by Crippen LogP contribution is -2.42. The number of halogens is 1. The average Bonchev–Trinajstić information content (AvgIpc) is 2.63. The molecule has 1 fully saturated rings. The first-order chi connectivity index (χ1) is 12.4. The van der Waals surface area contributed by atoms with Crippen molar-refractivity contribution in [1.29, 1.82) is 0 Å². The number of likely N-dealkylation sites (N-methyl/N-ethyl adjacent to an activating group) is 1. The van der Waals surface area contributed by atoms with Gasteiger partial charge in [-0.1, -0.05) is 11.6 Å². The summed E-state index contributed by atoms with van der Waals surface area (Å²) in [7, 11) is 3.89. The van der Waals surface area contributed by atoms with Gasteiger partial charge in [0, 0.05) is 44.6 Å². The lowest BCUT2D eigenvalue weighted by atomic mass is 10.1. The molecule has 2 amide bonds. The summed E-state index contributed by atoms with van der Waals surface area (Å²) >= 11 is 6.27. The Balaban J connectivity index is 1.88. The van der Waals surface area contributed by atoms with Gasteiger partial charge >= 0.3 is 0 Å². The summed E-state index contributed by atoms with van der Waals surface area (Å²) < 4.78 is 5.92. The first-order valence-corrected chi connectivity index (χ1v) is 9.06. The molecule has 26 heavy (non-hydrogen) atoms. The van der Waals surface area contributed by atoms with Gasteiger partial charge in [-0.25, -0.2) is 0 Å². The first kappa shape index (κ1) is 20.5. The molecule has 144 valence electrons. The van der Waals surface area contributed by atoms with Gasteiger partial charge < -0.3 is 25.0 Å².